The first-order valence-corrected chi connectivity index (χ1v) is 9.98. The fourth-order valence-electron chi connectivity index (χ4n) is 3.41. The third-order valence-electron chi connectivity index (χ3n) is 4.87. The summed E-state index contributed by atoms with van der Waals surface area (Å²) in [7, 11) is 1.96. The zero-order valence-electron chi connectivity index (χ0n) is 15.8. The summed E-state index contributed by atoms with van der Waals surface area (Å²) in [5, 5.41) is 4.04. The number of hydrogen-bond donors (Lipinski definition) is 1. The Morgan fingerprint density at radius 2 is 1.72 bits per heavy atom. The number of halogens is 2. The van der Waals surface area contributed by atoms with Crippen LogP contribution in [0.25, 0.3) is 11.0 Å². The van der Waals surface area contributed by atoms with Crippen LogP contribution in [0.4, 0.5) is 0 Å². The van der Waals surface area contributed by atoms with Gasteiger partial charge in [-0.05, 0) is 35.4 Å². The summed E-state index contributed by atoms with van der Waals surface area (Å²) in [6.45, 7) is 0. The van der Waals surface area contributed by atoms with Gasteiger partial charge in [-0.3, -0.25) is 4.79 Å². The zero-order valence-corrected chi connectivity index (χ0v) is 17.3. The van der Waals surface area contributed by atoms with E-state index in [2.05, 4.69) is 5.32 Å². The number of para-hydroxylation sites is 2. The second-order valence-electron chi connectivity index (χ2n) is 6.85. The van der Waals surface area contributed by atoms with E-state index in [1.807, 2.05) is 66.2 Å². The van der Waals surface area contributed by atoms with Crippen LogP contribution >= 0.6 is 23.2 Å². The van der Waals surface area contributed by atoms with Crippen molar-refractivity contribution in [3.8, 4) is 0 Å². The number of aryl methyl sites for hydroxylation is 1. The molecule has 1 N–H and O–H groups in total. The summed E-state index contributed by atoms with van der Waals surface area (Å²) < 4.78 is 2.02. The largest absolute Gasteiger partial charge is 0.342 e. The van der Waals surface area contributed by atoms with Gasteiger partial charge in [-0.1, -0.05) is 71.7 Å². The fourth-order valence-corrected chi connectivity index (χ4v) is 3.73. The predicted molar refractivity (Wildman–Crippen MR) is 117 cm³/mol. The van der Waals surface area contributed by atoms with E-state index in [4.69, 9.17) is 28.2 Å². The maximum Gasteiger partial charge on any atom is 0.225 e. The van der Waals surface area contributed by atoms with Gasteiger partial charge in [0.2, 0.25) is 5.91 Å². The van der Waals surface area contributed by atoms with Crippen LogP contribution in [0, 0.1) is 0 Å². The lowest BCUT2D eigenvalue weighted by molar-refractivity contribution is -0.121. The lowest BCUT2D eigenvalue weighted by Crippen LogP contribution is -2.32. The highest BCUT2D eigenvalue weighted by Gasteiger charge is 2.22. The van der Waals surface area contributed by atoms with Gasteiger partial charge < -0.3 is 9.88 Å². The van der Waals surface area contributed by atoms with Gasteiger partial charge >= 0.3 is 0 Å². The Morgan fingerprint density at radius 1 is 1.00 bits per heavy atom. The molecule has 0 spiro atoms. The molecular weight excluding hydrogens is 405 g/mol. The minimum atomic E-state index is -0.371. The van der Waals surface area contributed by atoms with E-state index in [0.29, 0.717) is 10.0 Å². The van der Waals surface area contributed by atoms with Crippen molar-refractivity contribution < 1.29 is 4.79 Å². The topological polar surface area (TPSA) is 46.9 Å². The Kier molecular flexibility index (Phi) is 5.56. The van der Waals surface area contributed by atoms with E-state index in [0.717, 1.165) is 28.0 Å². The maximum atomic E-state index is 12.9. The number of amides is 1. The first-order chi connectivity index (χ1) is 14.0. The molecule has 0 fully saturated rings. The van der Waals surface area contributed by atoms with Gasteiger partial charge in [-0.15, -0.1) is 0 Å². The Balaban J connectivity index is 1.66. The van der Waals surface area contributed by atoms with Crippen molar-refractivity contribution in [1.29, 1.82) is 0 Å². The van der Waals surface area contributed by atoms with Crippen LogP contribution in [-0.4, -0.2) is 15.5 Å². The van der Waals surface area contributed by atoms with E-state index >= 15 is 0 Å². The summed E-state index contributed by atoms with van der Waals surface area (Å²) in [5.74, 6) is 0.657. The Labute approximate surface area is 179 Å². The zero-order chi connectivity index (χ0) is 20.4. The van der Waals surface area contributed by atoms with Gasteiger partial charge in [-0.25, -0.2) is 4.98 Å². The second-order valence-corrected chi connectivity index (χ2v) is 7.67. The Bertz CT molecular complexity index is 1170. The number of benzene rings is 3. The quantitative estimate of drug-likeness (QED) is 0.471. The number of imidazole rings is 1. The molecule has 0 aliphatic heterocycles. The van der Waals surface area contributed by atoms with Gasteiger partial charge in [0, 0.05) is 7.05 Å². The smallest absolute Gasteiger partial charge is 0.225 e. The molecule has 0 bridgehead atoms. The van der Waals surface area contributed by atoms with Gasteiger partial charge in [-0.2, -0.15) is 0 Å². The minimum absolute atomic E-state index is 0.121. The normalized spacial score (nSPS) is 12.1. The van der Waals surface area contributed by atoms with Crippen LogP contribution in [0.15, 0.2) is 72.8 Å². The first-order valence-electron chi connectivity index (χ1n) is 9.22. The van der Waals surface area contributed by atoms with Gasteiger partial charge in [0.1, 0.15) is 11.9 Å². The van der Waals surface area contributed by atoms with Gasteiger partial charge in [0.25, 0.3) is 0 Å². The molecule has 0 aliphatic carbocycles. The highest BCUT2D eigenvalue weighted by Crippen LogP contribution is 2.26. The van der Waals surface area contributed by atoms with Crippen LogP contribution in [0.3, 0.4) is 0 Å². The molecule has 6 heteroatoms. The molecule has 0 saturated heterocycles. The van der Waals surface area contributed by atoms with E-state index in [1.54, 1.807) is 18.2 Å². The molecule has 0 aliphatic rings. The summed E-state index contributed by atoms with van der Waals surface area (Å²) in [5.41, 5.74) is 3.67. The molecule has 29 heavy (non-hydrogen) atoms. The number of nitrogens with zero attached hydrogens (tertiary/aromatic N) is 2. The molecule has 146 valence electrons. The third-order valence-corrected chi connectivity index (χ3v) is 5.61. The molecule has 1 atom stereocenters. The summed E-state index contributed by atoms with van der Waals surface area (Å²) in [6, 6.07) is 22.6. The summed E-state index contributed by atoms with van der Waals surface area (Å²) in [4.78, 5) is 17.7. The number of hydrogen-bond acceptors (Lipinski definition) is 2. The van der Waals surface area contributed by atoms with E-state index in [9.17, 15) is 4.79 Å². The molecule has 1 aromatic heterocycles. The van der Waals surface area contributed by atoms with Crippen LogP contribution in [-0.2, 0) is 18.3 Å². The standard InChI is InChI=1S/C23H19Cl2N3O/c1-28-20-10-6-5-9-19(20)26-23(28)22(16-7-3-2-4-8-16)27-21(29)14-15-11-12-17(24)18(25)13-15/h2-13,22H,14H2,1H3,(H,27,29). The van der Waals surface area contributed by atoms with Crippen molar-refractivity contribution in [1.82, 2.24) is 14.9 Å². The molecular formula is C23H19Cl2N3O. The Morgan fingerprint density at radius 3 is 2.45 bits per heavy atom. The molecule has 1 unspecified atom stereocenters. The second kappa shape index (κ2) is 8.27. The van der Waals surface area contributed by atoms with E-state index < -0.39 is 0 Å². The SMILES string of the molecule is Cn1c(C(NC(=O)Cc2ccc(Cl)c(Cl)c2)c2ccccc2)nc2ccccc21. The molecule has 4 nitrogen and oxygen atoms in total. The monoisotopic (exact) mass is 423 g/mol. The number of aromatic nitrogens is 2. The van der Waals surface area contributed by atoms with Gasteiger partial charge in [0.15, 0.2) is 0 Å². The molecule has 1 amide bonds. The van der Waals surface area contributed by atoms with Crippen molar-refractivity contribution in [2.45, 2.75) is 12.5 Å². The lowest BCUT2D eigenvalue weighted by Gasteiger charge is -2.19. The van der Waals surface area contributed by atoms with Crippen molar-refractivity contribution in [2.24, 2.45) is 7.05 Å². The average Bonchev–Trinajstić information content (AvgIpc) is 3.06. The number of fused-ring (bicyclic) bond motifs is 1. The third kappa shape index (κ3) is 4.14. The number of nitrogens with one attached hydrogen (secondary N) is 1. The first kappa shape index (κ1) is 19.5. The lowest BCUT2D eigenvalue weighted by atomic mass is 10.1. The van der Waals surface area contributed by atoms with Crippen LogP contribution in [0.5, 0.6) is 0 Å². The molecule has 4 aromatic rings. The molecule has 0 saturated carbocycles. The maximum absolute atomic E-state index is 12.9. The molecule has 0 radical (unpaired) electrons. The average molecular weight is 424 g/mol. The number of rotatable bonds is 5. The summed E-state index contributed by atoms with van der Waals surface area (Å²) >= 11 is 12.1. The minimum Gasteiger partial charge on any atom is -0.342 e. The highest BCUT2D eigenvalue weighted by molar-refractivity contribution is 6.42. The van der Waals surface area contributed by atoms with Crippen LogP contribution < -0.4 is 5.32 Å². The van der Waals surface area contributed by atoms with Gasteiger partial charge in [0.05, 0.1) is 27.5 Å². The van der Waals surface area contributed by atoms with Crippen molar-refractivity contribution >= 4 is 40.1 Å². The summed E-state index contributed by atoms with van der Waals surface area (Å²) in [6.07, 6.45) is 0.199. The number of carbonyl (C=O) groups is 1. The number of carbonyl (C=O) groups excluding carboxylic acids is 1. The van der Waals surface area contributed by atoms with Crippen molar-refractivity contribution in [2.75, 3.05) is 0 Å². The van der Waals surface area contributed by atoms with E-state index in [-0.39, 0.29) is 18.4 Å². The van der Waals surface area contributed by atoms with Crippen LogP contribution in [0.1, 0.15) is 23.0 Å². The van der Waals surface area contributed by atoms with Crippen molar-refractivity contribution in [3.05, 3.63) is 99.8 Å². The van der Waals surface area contributed by atoms with E-state index in [1.165, 1.54) is 0 Å². The molecule has 4 rings (SSSR count). The molecule has 3 aromatic carbocycles. The van der Waals surface area contributed by atoms with Crippen molar-refractivity contribution in [3.63, 3.8) is 0 Å². The molecule has 1 heterocycles. The Hall–Kier alpha value is -2.82. The highest BCUT2D eigenvalue weighted by atomic mass is 35.5. The fraction of sp³-hybridized carbons (Fsp3) is 0.130. The predicted octanol–water partition coefficient (Wildman–Crippen LogP) is 5.33. The van der Waals surface area contributed by atoms with Crippen LogP contribution in [0.2, 0.25) is 10.0 Å².